The second-order valence-corrected chi connectivity index (χ2v) is 3.31. The van der Waals surface area contributed by atoms with E-state index < -0.39 is 5.97 Å². The lowest BCUT2D eigenvalue weighted by Gasteiger charge is -2.01. The topological polar surface area (TPSA) is 79.1 Å². The molecular formula is C11H12N4O3. The van der Waals surface area contributed by atoms with Gasteiger partial charge in [-0.15, -0.1) is 5.10 Å². The van der Waals surface area contributed by atoms with E-state index in [2.05, 4.69) is 15.3 Å². The monoisotopic (exact) mass is 248 g/mol. The van der Waals surface area contributed by atoms with Crippen molar-refractivity contribution in [1.82, 2.24) is 20.0 Å². The molecule has 0 bridgehead atoms. The molecule has 0 unspecified atom stereocenters. The molecule has 0 amide bonds. The van der Waals surface area contributed by atoms with E-state index in [1.807, 2.05) is 0 Å². The van der Waals surface area contributed by atoms with Crippen LogP contribution in [0.4, 0.5) is 0 Å². The first-order valence-electron chi connectivity index (χ1n) is 5.35. The van der Waals surface area contributed by atoms with Gasteiger partial charge in [0.1, 0.15) is 0 Å². The quantitative estimate of drug-likeness (QED) is 0.746. The molecule has 0 aromatic carbocycles. The molecule has 0 spiro atoms. The van der Waals surface area contributed by atoms with Crippen LogP contribution >= 0.6 is 0 Å². The lowest BCUT2D eigenvalue weighted by Crippen LogP contribution is -2.04. The van der Waals surface area contributed by atoms with Crippen LogP contribution in [0.5, 0.6) is 5.88 Å². The lowest BCUT2D eigenvalue weighted by molar-refractivity contribution is 0.0519. The van der Waals surface area contributed by atoms with Crippen LogP contribution in [0.15, 0.2) is 24.4 Å². The standard InChI is InChI=1S/C11H12N4O3/c1-3-18-11(16)8-7-15(14-13-8)9-5-4-6-10(12-9)17-2/h4-7H,3H2,1-2H3. The number of carbonyl (C=O) groups excluding carboxylic acids is 1. The molecule has 0 N–H and O–H groups in total. The Hall–Kier alpha value is -2.44. The van der Waals surface area contributed by atoms with Gasteiger partial charge in [0.15, 0.2) is 11.5 Å². The Morgan fingerprint density at radius 1 is 1.44 bits per heavy atom. The van der Waals surface area contributed by atoms with Crippen LogP contribution in [0.1, 0.15) is 17.4 Å². The summed E-state index contributed by atoms with van der Waals surface area (Å²) < 4.78 is 11.2. The van der Waals surface area contributed by atoms with Crippen molar-refractivity contribution in [2.75, 3.05) is 13.7 Å². The number of rotatable bonds is 4. The Labute approximate surface area is 103 Å². The average molecular weight is 248 g/mol. The van der Waals surface area contributed by atoms with Crippen LogP contribution < -0.4 is 4.74 Å². The van der Waals surface area contributed by atoms with Gasteiger partial charge in [0.2, 0.25) is 5.88 Å². The van der Waals surface area contributed by atoms with Gasteiger partial charge in [-0.2, -0.15) is 4.98 Å². The van der Waals surface area contributed by atoms with E-state index in [4.69, 9.17) is 9.47 Å². The maximum Gasteiger partial charge on any atom is 0.360 e. The fourth-order valence-electron chi connectivity index (χ4n) is 1.32. The minimum atomic E-state index is -0.508. The zero-order valence-corrected chi connectivity index (χ0v) is 10.0. The molecule has 2 aromatic rings. The van der Waals surface area contributed by atoms with Crippen molar-refractivity contribution in [2.24, 2.45) is 0 Å². The summed E-state index contributed by atoms with van der Waals surface area (Å²) in [5.74, 6) is 0.463. The van der Waals surface area contributed by atoms with E-state index in [1.54, 1.807) is 25.1 Å². The van der Waals surface area contributed by atoms with Gasteiger partial charge in [-0.25, -0.2) is 9.48 Å². The number of hydrogen-bond acceptors (Lipinski definition) is 6. The zero-order chi connectivity index (χ0) is 13.0. The molecule has 0 aliphatic rings. The molecule has 0 radical (unpaired) electrons. The van der Waals surface area contributed by atoms with Crippen molar-refractivity contribution >= 4 is 5.97 Å². The summed E-state index contributed by atoms with van der Waals surface area (Å²) >= 11 is 0. The van der Waals surface area contributed by atoms with Gasteiger partial charge < -0.3 is 9.47 Å². The lowest BCUT2D eigenvalue weighted by atomic mass is 10.4. The van der Waals surface area contributed by atoms with E-state index in [0.717, 1.165) is 0 Å². The number of aromatic nitrogens is 4. The Balaban J connectivity index is 2.26. The highest BCUT2D eigenvalue weighted by molar-refractivity contribution is 5.86. The molecule has 2 rings (SSSR count). The predicted molar refractivity (Wildman–Crippen MR) is 61.7 cm³/mol. The molecule has 0 aliphatic carbocycles. The highest BCUT2D eigenvalue weighted by atomic mass is 16.5. The van der Waals surface area contributed by atoms with Crippen LogP contribution in [0.2, 0.25) is 0 Å². The number of carbonyl (C=O) groups is 1. The first kappa shape index (κ1) is 12.0. The zero-order valence-electron chi connectivity index (χ0n) is 10.0. The van der Waals surface area contributed by atoms with Gasteiger partial charge in [-0.1, -0.05) is 11.3 Å². The van der Waals surface area contributed by atoms with Crippen molar-refractivity contribution in [3.05, 3.63) is 30.1 Å². The van der Waals surface area contributed by atoms with Crippen molar-refractivity contribution in [1.29, 1.82) is 0 Å². The molecule has 0 fully saturated rings. The second kappa shape index (κ2) is 5.26. The highest BCUT2D eigenvalue weighted by Gasteiger charge is 2.12. The van der Waals surface area contributed by atoms with Crippen LogP contribution in [0.25, 0.3) is 5.82 Å². The third-order valence-corrected chi connectivity index (χ3v) is 2.13. The van der Waals surface area contributed by atoms with Crippen LogP contribution in [-0.4, -0.2) is 39.7 Å². The first-order chi connectivity index (χ1) is 8.74. The number of nitrogens with zero attached hydrogens (tertiary/aromatic N) is 4. The number of ether oxygens (including phenoxy) is 2. The SMILES string of the molecule is CCOC(=O)c1cn(-c2cccc(OC)n2)nn1. The fraction of sp³-hybridized carbons (Fsp3) is 0.273. The maximum atomic E-state index is 11.4. The van der Waals surface area contributed by atoms with Crippen molar-refractivity contribution < 1.29 is 14.3 Å². The Bertz CT molecular complexity index is 553. The summed E-state index contributed by atoms with van der Waals surface area (Å²) in [4.78, 5) is 15.6. The summed E-state index contributed by atoms with van der Waals surface area (Å²) in [6, 6.07) is 5.21. The van der Waals surface area contributed by atoms with E-state index in [-0.39, 0.29) is 5.69 Å². The van der Waals surface area contributed by atoms with E-state index in [1.165, 1.54) is 18.0 Å². The average Bonchev–Trinajstić information content (AvgIpc) is 2.89. The summed E-state index contributed by atoms with van der Waals surface area (Å²) in [6.07, 6.45) is 1.46. The number of methoxy groups -OCH3 is 1. The predicted octanol–water partition coefficient (Wildman–Crippen LogP) is 0.848. The molecule has 0 aliphatic heterocycles. The third-order valence-electron chi connectivity index (χ3n) is 2.13. The van der Waals surface area contributed by atoms with Gasteiger partial charge in [-0.3, -0.25) is 0 Å². The number of esters is 1. The van der Waals surface area contributed by atoms with Gasteiger partial charge in [0.05, 0.1) is 19.9 Å². The summed E-state index contributed by atoms with van der Waals surface area (Å²) in [5.41, 5.74) is 0.140. The smallest absolute Gasteiger partial charge is 0.360 e. The molecule has 7 nitrogen and oxygen atoms in total. The molecule has 18 heavy (non-hydrogen) atoms. The molecule has 0 saturated carbocycles. The van der Waals surface area contributed by atoms with E-state index in [9.17, 15) is 4.79 Å². The minimum Gasteiger partial charge on any atom is -0.481 e. The van der Waals surface area contributed by atoms with Gasteiger partial charge in [-0.05, 0) is 13.0 Å². The Kier molecular flexibility index (Phi) is 3.52. The molecule has 7 heteroatoms. The van der Waals surface area contributed by atoms with Gasteiger partial charge in [0, 0.05) is 6.07 Å². The number of hydrogen-bond donors (Lipinski definition) is 0. The molecule has 94 valence electrons. The summed E-state index contributed by atoms with van der Waals surface area (Å²) in [7, 11) is 1.53. The second-order valence-electron chi connectivity index (χ2n) is 3.31. The summed E-state index contributed by atoms with van der Waals surface area (Å²) in [5, 5.41) is 7.54. The molecule has 0 atom stereocenters. The van der Waals surface area contributed by atoms with Crippen molar-refractivity contribution in [3.8, 4) is 11.7 Å². The molecule has 2 heterocycles. The fourth-order valence-corrected chi connectivity index (χ4v) is 1.32. The summed E-state index contributed by atoms with van der Waals surface area (Å²) in [6.45, 7) is 2.02. The van der Waals surface area contributed by atoms with E-state index in [0.29, 0.717) is 18.3 Å². The van der Waals surface area contributed by atoms with E-state index >= 15 is 0 Å². The Morgan fingerprint density at radius 2 is 2.28 bits per heavy atom. The minimum absolute atomic E-state index is 0.140. The van der Waals surface area contributed by atoms with Gasteiger partial charge in [0.25, 0.3) is 0 Å². The van der Waals surface area contributed by atoms with Crippen LogP contribution in [-0.2, 0) is 4.74 Å². The first-order valence-corrected chi connectivity index (χ1v) is 5.35. The molecular weight excluding hydrogens is 236 g/mol. The number of pyridine rings is 1. The molecule has 0 saturated heterocycles. The molecule has 2 aromatic heterocycles. The Morgan fingerprint density at radius 3 is 3.00 bits per heavy atom. The normalized spacial score (nSPS) is 10.1. The van der Waals surface area contributed by atoms with Gasteiger partial charge >= 0.3 is 5.97 Å². The van der Waals surface area contributed by atoms with Crippen molar-refractivity contribution in [3.63, 3.8) is 0 Å². The van der Waals surface area contributed by atoms with Crippen LogP contribution in [0, 0.1) is 0 Å². The highest BCUT2D eigenvalue weighted by Crippen LogP contribution is 2.10. The van der Waals surface area contributed by atoms with Crippen molar-refractivity contribution in [2.45, 2.75) is 6.92 Å². The van der Waals surface area contributed by atoms with Crippen LogP contribution in [0.3, 0.4) is 0 Å². The maximum absolute atomic E-state index is 11.4. The largest absolute Gasteiger partial charge is 0.481 e. The third kappa shape index (κ3) is 2.45.